The predicted octanol–water partition coefficient (Wildman–Crippen LogP) is 5.68. The Labute approximate surface area is 198 Å². The number of hydrogen-bond acceptors (Lipinski definition) is 6. The van der Waals surface area contributed by atoms with Crippen molar-refractivity contribution in [3.8, 4) is 11.5 Å². The van der Waals surface area contributed by atoms with E-state index in [9.17, 15) is 9.59 Å². The molecule has 3 aromatic rings. The van der Waals surface area contributed by atoms with Crippen LogP contribution in [-0.4, -0.2) is 37.0 Å². The molecule has 0 radical (unpaired) electrons. The van der Waals surface area contributed by atoms with Crippen LogP contribution in [0.25, 0.3) is 0 Å². The number of aliphatic imine (C=N–C) groups is 1. The first-order valence-electron chi connectivity index (χ1n) is 10.9. The Morgan fingerprint density at radius 2 is 1.65 bits per heavy atom. The van der Waals surface area contributed by atoms with E-state index in [1.54, 1.807) is 67.9 Å². The van der Waals surface area contributed by atoms with E-state index in [4.69, 9.17) is 19.3 Å². The molecule has 0 spiro atoms. The van der Waals surface area contributed by atoms with Crippen LogP contribution in [0.2, 0.25) is 0 Å². The molecule has 0 fully saturated rings. The average Bonchev–Trinajstić information content (AvgIpc) is 2.87. The minimum Gasteiger partial charge on any atom is -0.493 e. The van der Waals surface area contributed by atoms with Crippen molar-refractivity contribution in [1.82, 2.24) is 0 Å². The summed E-state index contributed by atoms with van der Waals surface area (Å²) in [5, 5.41) is 8.99. The summed E-state index contributed by atoms with van der Waals surface area (Å²) < 4.78 is 16.5. The van der Waals surface area contributed by atoms with E-state index in [2.05, 4.69) is 4.99 Å². The fourth-order valence-electron chi connectivity index (χ4n) is 3.01. The summed E-state index contributed by atoms with van der Waals surface area (Å²) >= 11 is 0. The normalized spacial score (nSPS) is 10.8. The molecule has 0 unspecified atom stereocenters. The second kappa shape index (κ2) is 12.2. The van der Waals surface area contributed by atoms with Crippen molar-refractivity contribution in [2.45, 2.75) is 26.4 Å². The van der Waals surface area contributed by atoms with E-state index < -0.39 is 5.97 Å². The lowest BCUT2D eigenvalue weighted by Gasteiger charge is -2.11. The zero-order valence-electron chi connectivity index (χ0n) is 19.2. The lowest BCUT2D eigenvalue weighted by Crippen LogP contribution is -2.05. The molecule has 176 valence electrons. The molecule has 0 amide bonds. The highest BCUT2D eigenvalue weighted by atomic mass is 16.5. The molecule has 3 aromatic carbocycles. The van der Waals surface area contributed by atoms with Crippen LogP contribution in [0.5, 0.6) is 11.5 Å². The van der Waals surface area contributed by atoms with Gasteiger partial charge in [-0.15, -0.1) is 0 Å². The third-order valence-corrected chi connectivity index (χ3v) is 4.98. The summed E-state index contributed by atoms with van der Waals surface area (Å²) in [6.45, 7) is 2.74. The third kappa shape index (κ3) is 6.93. The van der Waals surface area contributed by atoms with Gasteiger partial charge in [-0.05, 0) is 72.1 Å². The van der Waals surface area contributed by atoms with Crippen LogP contribution in [0, 0.1) is 0 Å². The van der Waals surface area contributed by atoms with E-state index in [0.717, 1.165) is 24.0 Å². The Morgan fingerprint density at radius 3 is 2.29 bits per heavy atom. The minimum atomic E-state index is -0.966. The number of esters is 1. The SMILES string of the molecule is CCCCOC(=O)c1ccc(N=Cc2ccc(OCc3ccc(C(=O)O)cc3)c(OC)c2)cc1. The lowest BCUT2D eigenvalue weighted by atomic mass is 10.1. The van der Waals surface area contributed by atoms with Gasteiger partial charge in [-0.25, -0.2) is 9.59 Å². The maximum absolute atomic E-state index is 12.0. The van der Waals surface area contributed by atoms with Crippen molar-refractivity contribution in [3.63, 3.8) is 0 Å². The first-order valence-corrected chi connectivity index (χ1v) is 10.9. The molecule has 0 aliphatic heterocycles. The van der Waals surface area contributed by atoms with Crippen LogP contribution in [0.4, 0.5) is 5.69 Å². The van der Waals surface area contributed by atoms with Gasteiger partial charge in [-0.3, -0.25) is 4.99 Å². The number of carbonyl (C=O) groups is 2. The average molecular weight is 462 g/mol. The van der Waals surface area contributed by atoms with Crippen molar-refractivity contribution < 1.29 is 28.9 Å². The summed E-state index contributed by atoms with van der Waals surface area (Å²) in [6, 6.07) is 18.9. The molecule has 0 aliphatic rings. The number of methoxy groups -OCH3 is 1. The van der Waals surface area contributed by atoms with Gasteiger partial charge < -0.3 is 19.3 Å². The Balaban J connectivity index is 1.61. The van der Waals surface area contributed by atoms with Gasteiger partial charge in [-0.2, -0.15) is 0 Å². The lowest BCUT2D eigenvalue weighted by molar-refractivity contribution is 0.0499. The first-order chi connectivity index (χ1) is 16.5. The zero-order valence-corrected chi connectivity index (χ0v) is 19.2. The van der Waals surface area contributed by atoms with Crippen molar-refractivity contribution in [2.75, 3.05) is 13.7 Å². The molecule has 34 heavy (non-hydrogen) atoms. The minimum absolute atomic E-state index is 0.228. The third-order valence-electron chi connectivity index (χ3n) is 4.98. The molecule has 0 saturated heterocycles. The molecule has 3 rings (SSSR count). The predicted molar refractivity (Wildman–Crippen MR) is 130 cm³/mol. The van der Waals surface area contributed by atoms with Gasteiger partial charge >= 0.3 is 11.9 Å². The number of ether oxygens (including phenoxy) is 3. The molecule has 0 atom stereocenters. The number of nitrogens with zero attached hydrogens (tertiary/aromatic N) is 1. The summed E-state index contributed by atoms with van der Waals surface area (Å²) in [4.78, 5) is 27.4. The van der Waals surface area contributed by atoms with E-state index in [1.165, 1.54) is 0 Å². The molecule has 1 N–H and O–H groups in total. The number of unbranched alkanes of at least 4 members (excludes halogenated alkanes) is 1. The number of benzene rings is 3. The summed E-state index contributed by atoms with van der Waals surface area (Å²) in [6.07, 6.45) is 3.52. The summed E-state index contributed by atoms with van der Waals surface area (Å²) in [7, 11) is 1.56. The van der Waals surface area contributed by atoms with Crippen LogP contribution in [-0.2, 0) is 11.3 Å². The van der Waals surface area contributed by atoms with Crippen molar-refractivity contribution in [3.05, 3.63) is 89.0 Å². The Morgan fingerprint density at radius 1 is 0.941 bits per heavy atom. The van der Waals surface area contributed by atoms with E-state index in [-0.39, 0.29) is 18.1 Å². The smallest absolute Gasteiger partial charge is 0.338 e. The largest absolute Gasteiger partial charge is 0.493 e. The molecule has 7 nitrogen and oxygen atoms in total. The van der Waals surface area contributed by atoms with Crippen LogP contribution in [0.1, 0.15) is 51.6 Å². The van der Waals surface area contributed by atoms with Crippen LogP contribution in [0.15, 0.2) is 71.7 Å². The number of rotatable bonds is 11. The van der Waals surface area contributed by atoms with E-state index in [0.29, 0.717) is 29.4 Å². The van der Waals surface area contributed by atoms with Crippen molar-refractivity contribution in [2.24, 2.45) is 4.99 Å². The maximum atomic E-state index is 12.0. The molecular formula is C27H27NO6. The van der Waals surface area contributed by atoms with Gasteiger partial charge in [0.05, 0.1) is 30.5 Å². The molecule has 0 aromatic heterocycles. The van der Waals surface area contributed by atoms with Gasteiger partial charge in [0.1, 0.15) is 6.61 Å². The van der Waals surface area contributed by atoms with Crippen molar-refractivity contribution in [1.29, 1.82) is 0 Å². The van der Waals surface area contributed by atoms with Gasteiger partial charge in [-0.1, -0.05) is 25.5 Å². The molecule has 7 heteroatoms. The quantitative estimate of drug-likeness (QED) is 0.224. The summed E-state index contributed by atoms with van der Waals surface area (Å²) in [5.74, 6) is -0.182. The highest BCUT2D eigenvalue weighted by molar-refractivity contribution is 5.90. The highest BCUT2D eigenvalue weighted by Crippen LogP contribution is 2.28. The second-order valence-corrected chi connectivity index (χ2v) is 7.50. The van der Waals surface area contributed by atoms with Gasteiger partial charge in [0.15, 0.2) is 11.5 Å². The first kappa shape index (κ1) is 24.5. The highest BCUT2D eigenvalue weighted by Gasteiger charge is 2.08. The van der Waals surface area contributed by atoms with Crippen LogP contribution < -0.4 is 9.47 Å². The summed E-state index contributed by atoms with van der Waals surface area (Å²) in [5.41, 5.74) is 3.09. The van der Waals surface area contributed by atoms with Gasteiger partial charge in [0, 0.05) is 6.21 Å². The number of carboxylic acid groups (broad SMARTS) is 1. The van der Waals surface area contributed by atoms with Crippen LogP contribution >= 0.6 is 0 Å². The molecule has 0 aliphatic carbocycles. The van der Waals surface area contributed by atoms with Crippen LogP contribution in [0.3, 0.4) is 0 Å². The Hall–Kier alpha value is -4.13. The van der Waals surface area contributed by atoms with Gasteiger partial charge in [0.25, 0.3) is 0 Å². The van der Waals surface area contributed by atoms with Crippen molar-refractivity contribution >= 4 is 23.8 Å². The standard InChI is InChI=1S/C27H27NO6/c1-3-4-15-33-27(31)22-10-12-23(13-11-22)28-17-20-7-14-24(25(16-20)32-2)34-18-19-5-8-21(9-6-19)26(29)30/h5-14,16-17H,3-4,15,18H2,1-2H3,(H,29,30). The number of carbonyl (C=O) groups excluding carboxylic acids is 1. The maximum Gasteiger partial charge on any atom is 0.338 e. The van der Waals surface area contributed by atoms with Gasteiger partial charge in [0.2, 0.25) is 0 Å². The van der Waals surface area contributed by atoms with E-state index in [1.807, 2.05) is 19.1 Å². The zero-order chi connectivity index (χ0) is 24.3. The monoisotopic (exact) mass is 461 g/mol. The molecule has 0 bridgehead atoms. The molecular weight excluding hydrogens is 434 g/mol. The molecule has 0 heterocycles. The number of aromatic carboxylic acids is 1. The van der Waals surface area contributed by atoms with E-state index >= 15 is 0 Å². The number of hydrogen-bond donors (Lipinski definition) is 1. The topological polar surface area (TPSA) is 94.4 Å². The number of carboxylic acids is 1. The Kier molecular flexibility index (Phi) is 8.80. The molecule has 0 saturated carbocycles. The second-order valence-electron chi connectivity index (χ2n) is 7.50. The fraction of sp³-hybridized carbons (Fsp3) is 0.222. The fourth-order valence-corrected chi connectivity index (χ4v) is 3.01. The Bertz CT molecular complexity index is 1140.